The molecule has 3 rings (SSSR count). The molecule has 0 aromatic heterocycles. The number of carbonyl (C=O) groups is 1. The van der Waals surface area contributed by atoms with E-state index in [1.54, 1.807) is 7.11 Å². The van der Waals surface area contributed by atoms with Gasteiger partial charge in [0.05, 0.1) is 18.9 Å². The Labute approximate surface area is 175 Å². The number of aliphatic hydroxyl groups excluding tert-OH is 1. The van der Waals surface area contributed by atoms with E-state index in [2.05, 4.69) is 5.32 Å². The summed E-state index contributed by atoms with van der Waals surface area (Å²) in [6.07, 6.45) is -0.645. The summed E-state index contributed by atoms with van der Waals surface area (Å²) < 4.78 is 5.38. The first-order valence-corrected chi connectivity index (χ1v) is 10.5. The van der Waals surface area contributed by atoms with Gasteiger partial charge in [-0.05, 0) is 35.7 Å². The first-order chi connectivity index (χ1) is 14.1. The highest BCUT2D eigenvalue weighted by atomic mass is 32.2. The molecule has 3 aromatic carbocycles. The minimum Gasteiger partial charge on any atom is -0.495 e. The Morgan fingerprint density at radius 1 is 1.00 bits per heavy atom. The van der Waals surface area contributed by atoms with Crippen LogP contribution < -0.4 is 10.1 Å². The summed E-state index contributed by atoms with van der Waals surface area (Å²) in [7, 11) is 1.58. The number of methoxy groups -OCH3 is 1. The van der Waals surface area contributed by atoms with Gasteiger partial charge in [0.2, 0.25) is 5.91 Å². The summed E-state index contributed by atoms with van der Waals surface area (Å²) in [6.45, 7) is 1.97. The van der Waals surface area contributed by atoms with E-state index in [9.17, 15) is 9.90 Å². The number of rotatable bonds is 8. The molecule has 0 bridgehead atoms. The maximum absolute atomic E-state index is 13.2. The molecule has 2 N–H and O–H groups in total. The Morgan fingerprint density at radius 3 is 2.24 bits per heavy atom. The lowest BCUT2D eigenvalue weighted by atomic mass is 10.1. The number of carbonyl (C=O) groups excluding carboxylic acids is 1. The molecule has 0 aliphatic carbocycles. The van der Waals surface area contributed by atoms with Crippen LogP contribution in [0.1, 0.15) is 28.0 Å². The first kappa shape index (κ1) is 21.0. The van der Waals surface area contributed by atoms with Crippen molar-refractivity contribution in [2.24, 2.45) is 0 Å². The van der Waals surface area contributed by atoms with Gasteiger partial charge >= 0.3 is 0 Å². The Morgan fingerprint density at radius 2 is 1.62 bits per heavy atom. The lowest BCUT2D eigenvalue weighted by Crippen LogP contribution is -2.20. The number of anilines is 1. The van der Waals surface area contributed by atoms with Crippen LogP contribution >= 0.6 is 11.8 Å². The fraction of sp³-hybridized carbons (Fsp3) is 0.208. The summed E-state index contributed by atoms with van der Waals surface area (Å²) in [5.74, 6) is 0.873. The topological polar surface area (TPSA) is 58.6 Å². The molecule has 0 radical (unpaired) electrons. The molecule has 2 atom stereocenters. The van der Waals surface area contributed by atoms with E-state index < -0.39 is 11.4 Å². The molecule has 2 unspecified atom stereocenters. The summed E-state index contributed by atoms with van der Waals surface area (Å²) in [6, 6.07) is 24.8. The fourth-order valence-electron chi connectivity index (χ4n) is 3.03. The first-order valence-electron chi connectivity index (χ1n) is 9.43. The predicted molar refractivity (Wildman–Crippen MR) is 119 cm³/mol. The van der Waals surface area contributed by atoms with Crippen molar-refractivity contribution in [2.75, 3.05) is 18.2 Å². The summed E-state index contributed by atoms with van der Waals surface area (Å²) in [4.78, 5) is 13.2. The molecule has 0 saturated carbocycles. The van der Waals surface area contributed by atoms with Crippen LogP contribution in [-0.4, -0.2) is 23.9 Å². The molecule has 5 heteroatoms. The second-order valence-electron chi connectivity index (χ2n) is 6.74. The Bertz CT molecular complexity index is 931. The molecular formula is C24H25NO3S. The van der Waals surface area contributed by atoms with Crippen LogP contribution in [0.15, 0.2) is 78.9 Å². The molecule has 3 aromatic rings. The van der Waals surface area contributed by atoms with Gasteiger partial charge in [0.15, 0.2) is 0 Å². The molecule has 1 amide bonds. The number of amides is 1. The fourth-order valence-corrected chi connectivity index (χ4v) is 4.15. The highest BCUT2D eigenvalue weighted by Crippen LogP contribution is 2.34. The van der Waals surface area contributed by atoms with Crippen LogP contribution in [0.3, 0.4) is 0 Å². The maximum Gasteiger partial charge on any atom is 0.242 e. The van der Waals surface area contributed by atoms with Crippen molar-refractivity contribution in [2.45, 2.75) is 18.3 Å². The normalized spacial score (nSPS) is 12.8. The number of aryl methyl sites for hydroxylation is 1. The van der Waals surface area contributed by atoms with E-state index in [4.69, 9.17) is 4.74 Å². The van der Waals surface area contributed by atoms with Crippen molar-refractivity contribution < 1.29 is 14.6 Å². The predicted octanol–water partition coefficient (Wildman–Crippen LogP) is 5.15. The monoisotopic (exact) mass is 407 g/mol. The smallest absolute Gasteiger partial charge is 0.242 e. The highest BCUT2D eigenvalue weighted by Gasteiger charge is 2.24. The van der Waals surface area contributed by atoms with Crippen molar-refractivity contribution in [3.63, 3.8) is 0 Å². The van der Waals surface area contributed by atoms with Crippen molar-refractivity contribution in [1.29, 1.82) is 0 Å². The number of aliphatic hydroxyl groups is 1. The standard InChI is InChI=1S/C24H25NO3S/c1-17-13-14-22(28-2)20(15-17)25-24(27)23(19-11-7-4-8-12-19)29-16-21(26)18-9-5-3-6-10-18/h3-15,21,23,26H,16H2,1-2H3,(H,25,27). The Kier molecular flexibility index (Phi) is 7.33. The number of hydrogen-bond acceptors (Lipinski definition) is 4. The second-order valence-corrected chi connectivity index (χ2v) is 7.88. The average Bonchev–Trinajstić information content (AvgIpc) is 2.75. The van der Waals surface area contributed by atoms with Gasteiger partial charge in [-0.15, -0.1) is 11.8 Å². The zero-order chi connectivity index (χ0) is 20.6. The van der Waals surface area contributed by atoms with Crippen molar-refractivity contribution in [1.82, 2.24) is 0 Å². The Balaban J connectivity index is 1.79. The van der Waals surface area contributed by atoms with E-state index in [0.29, 0.717) is 17.2 Å². The number of nitrogens with one attached hydrogen (secondary N) is 1. The van der Waals surface area contributed by atoms with E-state index >= 15 is 0 Å². The molecule has 150 valence electrons. The lowest BCUT2D eigenvalue weighted by molar-refractivity contribution is -0.115. The molecular weight excluding hydrogens is 382 g/mol. The summed E-state index contributed by atoms with van der Waals surface area (Å²) in [5.41, 5.74) is 3.40. The van der Waals surface area contributed by atoms with E-state index in [0.717, 1.165) is 16.7 Å². The molecule has 0 aliphatic rings. The van der Waals surface area contributed by atoms with Gasteiger partial charge in [0.1, 0.15) is 11.0 Å². The Hall–Kier alpha value is -2.76. The maximum atomic E-state index is 13.2. The van der Waals surface area contributed by atoms with Crippen LogP contribution in [0.25, 0.3) is 0 Å². The number of ether oxygens (including phenoxy) is 1. The van der Waals surface area contributed by atoms with E-state index in [1.807, 2.05) is 85.8 Å². The third-order valence-corrected chi connectivity index (χ3v) is 5.89. The van der Waals surface area contributed by atoms with Crippen LogP contribution in [0.5, 0.6) is 5.75 Å². The minimum atomic E-state index is -0.645. The summed E-state index contributed by atoms with van der Waals surface area (Å²) in [5, 5.41) is 13.1. The number of benzene rings is 3. The van der Waals surface area contributed by atoms with Gasteiger partial charge in [-0.1, -0.05) is 66.7 Å². The second kappa shape index (κ2) is 10.1. The molecule has 4 nitrogen and oxygen atoms in total. The third kappa shape index (κ3) is 5.62. The van der Waals surface area contributed by atoms with E-state index in [1.165, 1.54) is 11.8 Å². The van der Waals surface area contributed by atoms with Crippen LogP contribution in [0.4, 0.5) is 5.69 Å². The molecule has 0 aliphatic heterocycles. The minimum absolute atomic E-state index is 0.148. The molecule has 29 heavy (non-hydrogen) atoms. The number of hydrogen-bond donors (Lipinski definition) is 2. The van der Waals surface area contributed by atoms with Crippen molar-refractivity contribution in [3.8, 4) is 5.75 Å². The van der Waals surface area contributed by atoms with Gasteiger partial charge in [-0.3, -0.25) is 4.79 Å². The van der Waals surface area contributed by atoms with Crippen molar-refractivity contribution in [3.05, 3.63) is 95.6 Å². The molecule has 0 saturated heterocycles. The molecule has 0 fully saturated rings. The van der Waals surface area contributed by atoms with Gasteiger partial charge in [-0.2, -0.15) is 0 Å². The van der Waals surface area contributed by atoms with Gasteiger partial charge in [-0.25, -0.2) is 0 Å². The average molecular weight is 408 g/mol. The SMILES string of the molecule is COc1ccc(C)cc1NC(=O)C(SCC(O)c1ccccc1)c1ccccc1. The third-order valence-electron chi connectivity index (χ3n) is 4.56. The van der Waals surface area contributed by atoms with Crippen LogP contribution in [-0.2, 0) is 4.79 Å². The zero-order valence-corrected chi connectivity index (χ0v) is 17.4. The van der Waals surface area contributed by atoms with Crippen molar-refractivity contribution >= 4 is 23.4 Å². The quantitative estimate of drug-likeness (QED) is 0.542. The largest absolute Gasteiger partial charge is 0.495 e. The summed E-state index contributed by atoms with van der Waals surface area (Å²) >= 11 is 1.42. The van der Waals surface area contributed by atoms with Gasteiger partial charge < -0.3 is 15.2 Å². The van der Waals surface area contributed by atoms with Crippen LogP contribution in [0, 0.1) is 6.92 Å². The molecule has 0 heterocycles. The zero-order valence-electron chi connectivity index (χ0n) is 16.5. The number of thioether (sulfide) groups is 1. The molecule has 0 spiro atoms. The lowest BCUT2D eigenvalue weighted by Gasteiger charge is -2.20. The van der Waals surface area contributed by atoms with Gasteiger partial charge in [0.25, 0.3) is 0 Å². The van der Waals surface area contributed by atoms with Crippen LogP contribution in [0.2, 0.25) is 0 Å². The highest BCUT2D eigenvalue weighted by molar-refractivity contribution is 8.00. The van der Waals surface area contributed by atoms with Gasteiger partial charge in [0, 0.05) is 5.75 Å². The van der Waals surface area contributed by atoms with E-state index in [-0.39, 0.29) is 5.91 Å².